The van der Waals surface area contributed by atoms with Crippen LogP contribution in [-0.4, -0.2) is 36.2 Å². The van der Waals surface area contributed by atoms with Crippen LogP contribution in [0.15, 0.2) is 28.7 Å². The van der Waals surface area contributed by atoms with Gasteiger partial charge in [0.25, 0.3) is 0 Å². The highest BCUT2D eigenvalue weighted by Crippen LogP contribution is 2.18. The smallest absolute Gasteiger partial charge is 0.220 e. The summed E-state index contributed by atoms with van der Waals surface area (Å²) in [6, 6.07) is 7.41. The average Bonchev–Trinajstić information content (AvgIpc) is 2.39. The second kappa shape index (κ2) is 6.30. The van der Waals surface area contributed by atoms with Crippen molar-refractivity contribution in [2.75, 3.05) is 19.6 Å². The van der Waals surface area contributed by atoms with Gasteiger partial charge >= 0.3 is 0 Å². The Hall–Kier alpha value is -1.20. The first-order valence-corrected chi connectivity index (χ1v) is 7.16. The second-order valence-electron chi connectivity index (χ2n) is 4.89. The summed E-state index contributed by atoms with van der Waals surface area (Å²) < 4.78 is 0.908. The number of piperidine rings is 1. The Morgan fingerprint density at radius 2 is 2.00 bits per heavy atom. The number of hydrogen-bond acceptors (Lipinski definition) is 3. The van der Waals surface area contributed by atoms with Crippen LogP contribution in [0.4, 0.5) is 0 Å². The number of amides is 1. The zero-order valence-electron chi connectivity index (χ0n) is 10.6. The lowest BCUT2D eigenvalue weighted by Gasteiger charge is -2.29. The zero-order chi connectivity index (χ0) is 13.8. The Morgan fingerprint density at radius 3 is 2.58 bits per heavy atom. The summed E-state index contributed by atoms with van der Waals surface area (Å²) in [6.45, 7) is 1.92. The molecule has 5 heteroatoms. The van der Waals surface area contributed by atoms with Crippen molar-refractivity contribution in [3.63, 3.8) is 0 Å². The van der Waals surface area contributed by atoms with E-state index in [4.69, 9.17) is 5.73 Å². The van der Waals surface area contributed by atoms with Gasteiger partial charge in [-0.25, -0.2) is 0 Å². The lowest BCUT2D eigenvalue weighted by molar-refractivity contribution is -0.123. The molecule has 4 nitrogen and oxygen atoms in total. The molecule has 1 heterocycles. The van der Waals surface area contributed by atoms with Gasteiger partial charge in [0.1, 0.15) is 0 Å². The Bertz CT molecular complexity index is 482. The highest BCUT2D eigenvalue weighted by molar-refractivity contribution is 9.10. The van der Waals surface area contributed by atoms with Gasteiger partial charge in [0, 0.05) is 16.0 Å². The Kier molecular flexibility index (Phi) is 4.71. The first kappa shape index (κ1) is 14.2. The van der Waals surface area contributed by atoms with Crippen molar-refractivity contribution >= 4 is 27.6 Å². The molecule has 1 amide bonds. The van der Waals surface area contributed by atoms with Crippen LogP contribution in [0.2, 0.25) is 0 Å². The van der Waals surface area contributed by atoms with Crippen LogP contribution in [0, 0.1) is 5.92 Å². The van der Waals surface area contributed by atoms with Gasteiger partial charge in [-0.2, -0.15) is 0 Å². The number of ketones is 1. The molecule has 102 valence electrons. The van der Waals surface area contributed by atoms with E-state index in [2.05, 4.69) is 20.8 Å². The molecule has 0 atom stereocenters. The van der Waals surface area contributed by atoms with Crippen LogP contribution in [-0.2, 0) is 4.79 Å². The minimum absolute atomic E-state index is 0.0304. The standard InChI is InChI=1S/C14H17BrN2O2/c15-12-3-1-2-11(8-12)13(18)9-17-6-4-10(5-7-17)14(16)19/h1-3,8,10H,4-7,9H2,(H2,16,19). The van der Waals surface area contributed by atoms with Gasteiger partial charge in [0.05, 0.1) is 6.54 Å². The van der Waals surface area contributed by atoms with Crippen molar-refractivity contribution in [1.29, 1.82) is 0 Å². The summed E-state index contributed by atoms with van der Waals surface area (Å²) >= 11 is 3.36. The molecule has 2 N–H and O–H groups in total. The van der Waals surface area contributed by atoms with Gasteiger partial charge in [-0.1, -0.05) is 28.1 Å². The van der Waals surface area contributed by atoms with Crippen molar-refractivity contribution in [2.24, 2.45) is 11.7 Å². The van der Waals surface area contributed by atoms with Crippen LogP contribution >= 0.6 is 15.9 Å². The van der Waals surface area contributed by atoms with E-state index in [9.17, 15) is 9.59 Å². The normalized spacial score (nSPS) is 17.3. The molecule has 1 fully saturated rings. The Labute approximate surface area is 121 Å². The van der Waals surface area contributed by atoms with E-state index < -0.39 is 0 Å². The van der Waals surface area contributed by atoms with Gasteiger partial charge in [-0.15, -0.1) is 0 Å². The summed E-state index contributed by atoms with van der Waals surface area (Å²) in [5.74, 6) is -0.144. The molecule has 0 spiro atoms. The van der Waals surface area contributed by atoms with Crippen LogP contribution in [0.3, 0.4) is 0 Å². The van der Waals surface area contributed by atoms with E-state index >= 15 is 0 Å². The van der Waals surface area contributed by atoms with Crippen molar-refractivity contribution in [2.45, 2.75) is 12.8 Å². The number of likely N-dealkylation sites (tertiary alicyclic amines) is 1. The largest absolute Gasteiger partial charge is 0.369 e. The minimum atomic E-state index is -0.224. The Balaban J connectivity index is 1.89. The lowest BCUT2D eigenvalue weighted by atomic mass is 9.96. The van der Waals surface area contributed by atoms with Gasteiger partial charge < -0.3 is 5.73 Å². The zero-order valence-corrected chi connectivity index (χ0v) is 12.2. The molecule has 1 aliphatic heterocycles. The number of rotatable bonds is 4. The van der Waals surface area contributed by atoms with Gasteiger partial charge in [-0.05, 0) is 38.1 Å². The molecular weight excluding hydrogens is 308 g/mol. The Morgan fingerprint density at radius 1 is 1.32 bits per heavy atom. The fraction of sp³-hybridized carbons (Fsp3) is 0.429. The number of hydrogen-bond donors (Lipinski definition) is 1. The summed E-state index contributed by atoms with van der Waals surface area (Å²) in [5.41, 5.74) is 6.01. The van der Waals surface area contributed by atoms with Crippen LogP contribution < -0.4 is 5.73 Å². The molecule has 0 aromatic heterocycles. The number of benzene rings is 1. The first-order valence-electron chi connectivity index (χ1n) is 6.36. The number of carbonyl (C=O) groups is 2. The third-order valence-corrected chi connectivity index (χ3v) is 4.00. The van der Waals surface area contributed by atoms with Crippen molar-refractivity contribution in [3.05, 3.63) is 34.3 Å². The lowest BCUT2D eigenvalue weighted by Crippen LogP contribution is -2.40. The minimum Gasteiger partial charge on any atom is -0.369 e. The number of Topliss-reactive ketones (excluding diaryl/α,β-unsaturated/α-hetero) is 1. The number of nitrogens with zero attached hydrogens (tertiary/aromatic N) is 1. The molecule has 0 aliphatic carbocycles. The number of primary amides is 1. The van der Waals surface area contributed by atoms with E-state index in [0.717, 1.165) is 30.4 Å². The van der Waals surface area contributed by atoms with Gasteiger partial charge in [0.15, 0.2) is 5.78 Å². The molecule has 1 aromatic carbocycles. The van der Waals surface area contributed by atoms with Gasteiger partial charge in [-0.3, -0.25) is 14.5 Å². The number of halogens is 1. The number of nitrogens with two attached hydrogens (primary N) is 1. The van der Waals surface area contributed by atoms with Crippen LogP contribution in [0.1, 0.15) is 23.2 Å². The quantitative estimate of drug-likeness (QED) is 0.859. The predicted molar refractivity (Wildman–Crippen MR) is 76.8 cm³/mol. The van der Waals surface area contributed by atoms with E-state index in [1.165, 1.54) is 0 Å². The molecular formula is C14H17BrN2O2. The molecule has 0 unspecified atom stereocenters. The summed E-state index contributed by atoms with van der Waals surface area (Å²) in [7, 11) is 0. The van der Waals surface area contributed by atoms with Crippen molar-refractivity contribution in [3.8, 4) is 0 Å². The second-order valence-corrected chi connectivity index (χ2v) is 5.80. The van der Waals surface area contributed by atoms with E-state index in [0.29, 0.717) is 12.1 Å². The highest BCUT2D eigenvalue weighted by Gasteiger charge is 2.24. The molecule has 0 saturated carbocycles. The SMILES string of the molecule is NC(=O)C1CCN(CC(=O)c2cccc(Br)c2)CC1. The fourth-order valence-electron chi connectivity index (χ4n) is 2.33. The maximum Gasteiger partial charge on any atom is 0.220 e. The van der Waals surface area contributed by atoms with Crippen LogP contribution in [0.25, 0.3) is 0 Å². The monoisotopic (exact) mass is 324 g/mol. The molecule has 0 radical (unpaired) electrons. The van der Waals surface area contributed by atoms with E-state index in [-0.39, 0.29) is 17.6 Å². The molecule has 1 aromatic rings. The summed E-state index contributed by atoms with van der Waals surface area (Å²) in [5, 5.41) is 0. The molecule has 2 rings (SSSR count). The van der Waals surface area contributed by atoms with Gasteiger partial charge in [0.2, 0.25) is 5.91 Å². The third-order valence-electron chi connectivity index (χ3n) is 3.50. The first-order chi connectivity index (χ1) is 9.06. The predicted octanol–water partition coefficient (Wildman–Crippen LogP) is 1.83. The molecule has 1 aliphatic rings. The molecule has 19 heavy (non-hydrogen) atoms. The summed E-state index contributed by atoms with van der Waals surface area (Å²) in [4.78, 5) is 25.3. The van der Waals surface area contributed by atoms with Crippen molar-refractivity contribution < 1.29 is 9.59 Å². The average molecular weight is 325 g/mol. The third kappa shape index (κ3) is 3.88. The van der Waals surface area contributed by atoms with Crippen molar-refractivity contribution in [1.82, 2.24) is 4.90 Å². The van der Waals surface area contributed by atoms with E-state index in [1.807, 2.05) is 24.3 Å². The maximum atomic E-state index is 12.1. The fourth-order valence-corrected chi connectivity index (χ4v) is 2.73. The number of carbonyl (C=O) groups excluding carboxylic acids is 2. The molecule has 0 bridgehead atoms. The van der Waals surface area contributed by atoms with Crippen LogP contribution in [0.5, 0.6) is 0 Å². The highest BCUT2D eigenvalue weighted by atomic mass is 79.9. The molecule has 1 saturated heterocycles. The topological polar surface area (TPSA) is 63.4 Å². The van der Waals surface area contributed by atoms with E-state index in [1.54, 1.807) is 0 Å². The maximum absolute atomic E-state index is 12.1. The summed E-state index contributed by atoms with van der Waals surface area (Å²) in [6.07, 6.45) is 1.50.